The van der Waals surface area contributed by atoms with Crippen LogP contribution in [0.1, 0.15) is 84.9 Å². The molecule has 1 aromatic carbocycles. The lowest BCUT2D eigenvalue weighted by Gasteiger charge is -2.37. The maximum absolute atomic E-state index is 13.8. The van der Waals surface area contributed by atoms with Gasteiger partial charge in [0, 0.05) is 17.6 Å². The number of primary amides is 1. The second-order valence-electron chi connectivity index (χ2n) is 10.1. The van der Waals surface area contributed by atoms with Crippen molar-refractivity contribution >= 4 is 23.8 Å². The number of hydrogen-bond acceptors (Lipinski definition) is 5. The van der Waals surface area contributed by atoms with Crippen molar-refractivity contribution in [2.24, 2.45) is 5.73 Å². The highest BCUT2D eigenvalue weighted by Gasteiger charge is 2.38. The van der Waals surface area contributed by atoms with Crippen LogP contribution in [0.2, 0.25) is 0 Å². The van der Waals surface area contributed by atoms with E-state index in [1.807, 2.05) is 13.8 Å². The van der Waals surface area contributed by atoms with Crippen LogP contribution in [-0.2, 0) is 19.1 Å². The van der Waals surface area contributed by atoms with Gasteiger partial charge in [0.1, 0.15) is 17.7 Å². The highest BCUT2D eigenvalue weighted by molar-refractivity contribution is 5.94. The number of alkyl carbamates (subject to hydrolysis) is 1. The van der Waals surface area contributed by atoms with Crippen LogP contribution in [0.4, 0.5) is 4.79 Å². The zero-order valence-corrected chi connectivity index (χ0v) is 22.4. The average Bonchev–Trinajstić information content (AvgIpc) is 2.74. The summed E-state index contributed by atoms with van der Waals surface area (Å²) in [7, 11) is 0. The van der Waals surface area contributed by atoms with Crippen molar-refractivity contribution < 1.29 is 23.9 Å². The van der Waals surface area contributed by atoms with E-state index in [4.69, 9.17) is 16.9 Å². The Labute approximate surface area is 214 Å². The number of terminal acetylenes is 1. The molecule has 0 heterocycles. The van der Waals surface area contributed by atoms with Crippen LogP contribution in [0, 0.1) is 12.3 Å². The number of nitrogens with zero attached hydrogens (tertiary/aromatic N) is 1. The maximum atomic E-state index is 13.8. The van der Waals surface area contributed by atoms with Crippen LogP contribution in [0.25, 0.3) is 0 Å². The molecule has 9 heteroatoms. The summed E-state index contributed by atoms with van der Waals surface area (Å²) in [6.07, 6.45) is 5.77. The van der Waals surface area contributed by atoms with Crippen molar-refractivity contribution in [1.82, 2.24) is 15.5 Å². The molecule has 36 heavy (non-hydrogen) atoms. The van der Waals surface area contributed by atoms with E-state index in [0.29, 0.717) is 11.1 Å². The van der Waals surface area contributed by atoms with Gasteiger partial charge in [-0.25, -0.2) is 4.79 Å². The third-order valence-corrected chi connectivity index (χ3v) is 5.24. The average molecular weight is 501 g/mol. The number of ether oxygens (including phenoxy) is 1. The molecular formula is C27H40N4O5. The van der Waals surface area contributed by atoms with Crippen molar-refractivity contribution in [2.75, 3.05) is 0 Å². The number of hydrogen-bond donors (Lipinski definition) is 3. The first-order valence-corrected chi connectivity index (χ1v) is 12.2. The summed E-state index contributed by atoms with van der Waals surface area (Å²) in [4.78, 5) is 53.0. The predicted molar refractivity (Wildman–Crippen MR) is 139 cm³/mol. The van der Waals surface area contributed by atoms with E-state index in [1.165, 1.54) is 4.90 Å². The summed E-state index contributed by atoms with van der Waals surface area (Å²) in [6.45, 7) is 12.4. The Hall–Kier alpha value is -3.54. The van der Waals surface area contributed by atoms with Crippen molar-refractivity contribution in [2.45, 2.75) is 97.5 Å². The van der Waals surface area contributed by atoms with E-state index in [-0.39, 0.29) is 11.9 Å². The Balaban J connectivity index is 3.49. The third-order valence-electron chi connectivity index (χ3n) is 5.24. The normalized spacial score (nSPS) is 13.6. The van der Waals surface area contributed by atoms with Gasteiger partial charge >= 0.3 is 6.09 Å². The SMILES string of the molecule is C#Cc1ccc(C(C(=O)NC(C)CCC)N(C(=O)C(CC(N)=O)NC(=O)OC(C)(C)C)C(C)C)cc1. The largest absolute Gasteiger partial charge is 0.444 e. The van der Waals surface area contributed by atoms with Gasteiger partial charge in [-0.05, 0) is 65.7 Å². The van der Waals surface area contributed by atoms with Gasteiger partial charge in [-0.3, -0.25) is 14.4 Å². The number of nitrogens with two attached hydrogens (primary N) is 1. The van der Waals surface area contributed by atoms with Crippen molar-refractivity contribution in [1.29, 1.82) is 0 Å². The van der Waals surface area contributed by atoms with E-state index in [0.717, 1.165) is 12.8 Å². The highest BCUT2D eigenvalue weighted by atomic mass is 16.6. The Morgan fingerprint density at radius 3 is 2.11 bits per heavy atom. The molecule has 3 atom stereocenters. The van der Waals surface area contributed by atoms with E-state index in [9.17, 15) is 19.2 Å². The molecule has 1 rings (SSSR count). The molecule has 1 aromatic rings. The smallest absolute Gasteiger partial charge is 0.408 e. The number of rotatable bonds is 11. The van der Waals surface area contributed by atoms with Gasteiger partial charge in [0.15, 0.2) is 0 Å². The van der Waals surface area contributed by atoms with E-state index in [2.05, 4.69) is 16.6 Å². The summed E-state index contributed by atoms with van der Waals surface area (Å²) in [6, 6.07) is 3.79. The quantitative estimate of drug-likeness (QED) is 0.402. The second kappa shape index (κ2) is 13.5. The molecule has 9 nitrogen and oxygen atoms in total. The molecule has 0 aliphatic carbocycles. The number of nitrogens with one attached hydrogen (secondary N) is 2. The summed E-state index contributed by atoms with van der Waals surface area (Å²) < 4.78 is 5.27. The maximum Gasteiger partial charge on any atom is 0.408 e. The van der Waals surface area contributed by atoms with Gasteiger partial charge in [0.05, 0.1) is 6.42 Å². The Kier molecular flexibility index (Phi) is 11.5. The summed E-state index contributed by atoms with van der Waals surface area (Å²) in [5.74, 6) is 0.717. The zero-order chi connectivity index (χ0) is 27.6. The third kappa shape index (κ3) is 9.61. The lowest BCUT2D eigenvalue weighted by molar-refractivity contribution is -0.145. The fourth-order valence-corrected chi connectivity index (χ4v) is 3.74. The molecule has 0 saturated heterocycles. The first-order chi connectivity index (χ1) is 16.7. The lowest BCUT2D eigenvalue weighted by atomic mass is 9.98. The van der Waals surface area contributed by atoms with Crippen LogP contribution in [0.15, 0.2) is 24.3 Å². The molecule has 0 radical (unpaired) electrons. The van der Waals surface area contributed by atoms with Gasteiger partial charge in [-0.1, -0.05) is 31.4 Å². The minimum Gasteiger partial charge on any atom is -0.444 e. The number of carbonyl (C=O) groups excluding carboxylic acids is 4. The van der Waals surface area contributed by atoms with E-state index < -0.39 is 48.1 Å². The molecule has 0 spiro atoms. The Bertz CT molecular complexity index is 960. The molecule has 0 aliphatic rings. The first-order valence-electron chi connectivity index (χ1n) is 12.2. The minimum atomic E-state index is -1.33. The predicted octanol–water partition coefficient (Wildman–Crippen LogP) is 3.02. The Morgan fingerprint density at radius 2 is 1.67 bits per heavy atom. The molecule has 0 bridgehead atoms. The lowest BCUT2D eigenvalue weighted by Crippen LogP contribution is -2.56. The van der Waals surface area contributed by atoms with Gasteiger partial charge in [0.25, 0.3) is 0 Å². The van der Waals surface area contributed by atoms with Gasteiger partial charge in [0.2, 0.25) is 17.7 Å². The fraction of sp³-hybridized carbons (Fsp3) is 0.556. The molecule has 4 amide bonds. The summed E-state index contributed by atoms with van der Waals surface area (Å²) in [5, 5.41) is 5.43. The molecule has 0 saturated carbocycles. The van der Waals surface area contributed by atoms with Crippen LogP contribution >= 0.6 is 0 Å². The van der Waals surface area contributed by atoms with Crippen molar-refractivity contribution in [3.05, 3.63) is 35.4 Å². The topological polar surface area (TPSA) is 131 Å². The van der Waals surface area contributed by atoms with E-state index >= 15 is 0 Å². The summed E-state index contributed by atoms with van der Waals surface area (Å²) in [5.41, 5.74) is 5.73. The number of amides is 4. The van der Waals surface area contributed by atoms with Crippen LogP contribution in [0.5, 0.6) is 0 Å². The summed E-state index contributed by atoms with van der Waals surface area (Å²) >= 11 is 0. The van der Waals surface area contributed by atoms with E-state index in [1.54, 1.807) is 58.9 Å². The zero-order valence-electron chi connectivity index (χ0n) is 22.4. The highest BCUT2D eigenvalue weighted by Crippen LogP contribution is 2.26. The fourth-order valence-electron chi connectivity index (χ4n) is 3.74. The van der Waals surface area contributed by atoms with Gasteiger partial charge in [-0.2, -0.15) is 0 Å². The molecule has 4 N–H and O–H groups in total. The second-order valence-corrected chi connectivity index (χ2v) is 10.1. The standard InChI is InChI=1S/C27H40N4O5/c1-9-11-18(5)29-24(33)23(20-14-12-19(10-2)13-15-20)31(17(3)4)25(34)21(16-22(28)32)30-26(35)36-27(6,7)8/h2,12-15,17-18,21,23H,9,11,16H2,1,3-8H3,(H2,28,32)(H,29,33)(H,30,35). The van der Waals surface area contributed by atoms with Crippen LogP contribution in [0.3, 0.4) is 0 Å². The molecule has 0 aromatic heterocycles. The van der Waals surface area contributed by atoms with Crippen molar-refractivity contribution in [3.8, 4) is 12.3 Å². The minimum absolute atomic E-state index is 0.125. The number of benzene rings is 1. The molecule has 198 valence electrons. The van der Waals surface area contributed by atoms with Crippen LogP contribution in [-0.4, -0.2) is 52.4 Å². The first kappa shape index (κ1) is 30.5. The monoisotopic (exact) mass is 500 g/mol. The van der Waals surface area contributed by atoms with Gasteiger partial charge < -0.3 is 26.0 Å². The Morgan fingerprint density at radius 1 is 1.08 bits per heavy atom. The van der Waals surface area contributed by atoms with Crippen LogP contribution < -0.4 is 16.4 Å². The molecule has 0 fully saturated rings. The molecule has 3 unspecified atom stereocenters. The number of carbonyl (C=O) groups is 4. The molecular weight excluding hydrogens is 460 g/mol. The molecule has 0 aliphatic heterocycles. The van der Waals surface area contributed by atoms with Gasteiger partial charge in [-0.15, -0.1) is 6.42 Å². The van der Waals surface area contributed by atoms with Crippen molar-refractivity contribution in [3.63, 3.8) is 0 Å².